The van der Waals surface area contributed by atoms with Crippen molar-refractivity contribution in [2.75, 3.05) is 139 Å². The van der Waals surface area contributed by atoms with E-state index in [1.165, 1.54) is 0 Å². The molecule has 1 rings (SSSR count). The van der Waals surface area contributed by atoms with Gasteiger partial charge in [0.05, 0.1) is 126 Å². The first-order valence-electron chi connectivity index (χ1n) is 15.4. The van der Waals surface area contributed by atoms with Gasteiger partial charge in [-0.1, -0.05) is 6.92 Å². The van der Waals surface area contributed by atoms with Crippen LogP contribution < -0.4 is 0 Å². The summed E-state index contributed by atoms with van der Waals surface area (Å²) in [5, 5.41) is 0. The SMILES string of the molecule is CCCC(=O)OCCOCCOCCOCCOCCOCCOCCOCCOCCOCCOC1CCCCO1. The van der Waals surface area contributed by atoms with Gasteiger partial charge in [0, 0.05) is 13.0 Å². The third-order valence-electron chi connectivity index (χ3n) is 5.59. The summed E-state index contributed by atoms with van der Waals surface area (Å²) in [5.74, 6) is -0.187. The molecule has 13 heteroatoms. The van der Waals surface area contributed by atoms with Gasteiger partial charge >= 0.3 is 5.97 Å². The second kappa shape index (κ2) is 32.9. The molecule has 0 bridgehead atoms. The molecule has 1 aliphatic heterocycles. The Bertz CT molecular complexity index is 550. The lowest BCUT2D eigenvalue weighted by Crippen LogP contribution is -2.24. The molecule has 1 heterocycles. The number of hydrogen-bond donors (Lipinski definition) is 0. The molecule has 0 amide bonds. The van der Waals surface area contributed by atoms with Crippen LogP contribution in [0.3, 0.4) is 0 Å². The fraction of sp³-hybridized carbons (Fsp3) is 0.966. The second-order valence-electron chi connectivity index (χ2n) is 9.15. The van der Waals surface area contributed by atoms with Crippen molar-refractivity contribution in [1.82, 2.24) is 0 Å². The van der Waals surface area contributed by atoms with Gasteiger partial charge in [-0.25, -0.2) is 0 Å². The minimum absolute atomic E-state index is 0.0668. The van der Waals surface area contributed by atoms with Crippen LogP contribution in [0.1, 0.15) is 39.0 Å². The summed E-state index contributed by atoms with van der Waals surface area (Å²) in [6.07, 6.45) is 4.42. The van der Waals surface area contributed by atoms with E-state index in [0.717, 1.165) is 32.3 Å². The minimum Gasteiger partial charge on any atom is -0.463 e. The zero-order valence-corrected chi connectivity index (χ0v) is 25.8. The number of carbonyl (C=O) groups is 1. The van der Waals surface area contributed by atoms with Crippen molar-refractivity contribution >= 4 is 5.97 Å². The molecule has 0 aromatic heterocycles. The van der Waals surface area contributed by atoms with Gasteiger partial charge in [0.2, 0.25) is 0 Å². The van der Waals surface area contributed by atoms with Gasteiger partial charge in [-0.05, 0) is 25.7 Å². The molecule has 1 aliphatic rings. The summed E-state index contributed by atoms with van der Waals surface area (Å²) in [6, 6.07) is 0. The summed E-state index contributed by atoms with van der Waals surface area (Å²) < 4.78 is 65.1. The van der Waals surface area contributed by atoms with Crippen LogP contribution in [0, 0.1) is 0 Å². The highest BCUT2D eigenvalue weighted by Crippen LogP contribution is 2.13. The van der Waals surface area contributed by atoms with E-state index in [-0.39, 0.29) is 18.9 Å². The van der Waals surface area contributed by atoms with Crippen molar-refractivity contribution < 1.29 is 61.6 Å². The van der Waals surface area contributed by atoms with Gasteiger partial charge in [-0.15, -0.1) is 0 Å². The molecule has 13 nitrogen and oxygen atoms in total. The highest BCUT2D eigenvalue weighted by molar-refractivity contribution is 5.69. The van der Waals surface area contributed by atoms with E-state index >= 15 is 0 Å². The Kier molecular flexibility index (Phi) is 30.6. The van der Waals surface area contributed by atoms with E-state index in [4.69, 9.17) is 56.8 Å². The molecule has 0 saturated carbocycles. The predicted octanol–water partition coefficient (Wildman–Crippen LogP) is 2.02. The van der Waals surface area contributed by atoms with Crippen LogP contribution in [0.15, 0.2) is 0 Å². The number of hydrogen-bond acceptors (Lipinski definition) is 13. The first-order valence-corrected chi connectivity index (χ1v) is 15.4. The van der Waals surface area contributed by atoms with Crippen LogP contribution in [0.2, 0.25) is 0 Å². The lowest BCUT2D eigenvalue weighted by molar-refractivity contribution is -0.169. The van der Waals surface area contributed by atoms with Gasteiger partial charge in [-0.2, -0.15) is 0 Å². The molecule has 0 aromatic carbocycles. The fourth-order valence-electron chi connectivity index (χ4n) is 3.43. The Labute approximate surface area is 251 Å². The monoisotopic (exact) mass is 612 g/mol. The molecular weight excluding hydrogens is 556 g/mol. The molecule has 1 unspecified atom stereocenters. The molecule has 0 radical (unpaired) electrons. The van der Waals surface area contributed by atoms with E-state index in [0.29, 0.717) is 132 Å². The number of esters is 1. The van der Waals surface area contributed by atoms with Crippen molar-refractivity contribution in [1.29, 1.82) is 0 Å². The van der Waals surface area contributed by atoms with Gasteiger partial charge in [0.15, 0.2) is 6.29 Å². The summed E-state index contributed by atoms with van der Waals surface area (Å²) in [5.41, 5.74) is 0. The number of rotatable bonds is 33. The van der Waals surface area contributed by atoms with E-state index in [1.807, 2.05) is 6.92 Å². The van der Waals surface area contributed by atoms with E-state index in [1.54, 1.807) is 0 Å². The Morgan fingerprint density at radius 3 is 1.21 bits per heavy atom. The highest BCUT2D eigenvalue weighted by Gasteiger charge is 2.13. The molecule has 1 fully saturated rings. The average Bonchev–Trinajstić information content (AvgIpc) is 3.00. The lowest BCUT2D eigenvalue weighted by atomic mass is 10.2. The fourth-order valence-corrected chi connectivity index (χ4v) is 3.43. The molecule has 250 valence electrons. The standard InChI is InChI=1S/C29H56O13/c1-2-5-28(30)40-26-24-38-22-20-36-18-16-34-14-12-32-10-8-31-9-11-33-13-15-35-17-19-37-21-23-39-25-27-42-29-6-3-4-7-41-29/h29H,2-27H2,1H3. The molecule has 1 saturated heterocycles. The first-order chi connectivity index (χ1) is 20.8. The largest absolute Gasteiger partial charge is 0.463 e. The molecule has 0 aromatic rings. The summed E-state index contributed by atoms with van der Waals surface area (Å²) in [4.78, 5) is 11.2. The predicted molar refractivity (Wildman–Crippen MR) is 153 cm³/mol. The molecule has 0 aliphatic carbocycles. The lowest BCUT2D eigenvalue weighted by Gasteiger charge is -2.22. The van der Waals surface area contributed by atoms with Crippen LogP contribution in [-0.4, -0.2) is 151 Å². The van der Waals surface area contributed by atoms with Crippen molar-refractivity contribution in [2.24, 2.45) is 0 Å². The number of carbonyl (C=O) groups excluding carboxylic acids is 1. The van der Waals surface area contributed by atoms with E-state index in [9.17, 15) is 4.79 Å². The maximum Gasteiger partial charge on any atom is 0.305 e. The maximum atomic E-state index is 11.2. The van der Waals surface area contributed by atoms with Crippen molar-refractivity contribution in [2.45, 2.75) is 45.3 Å². The zero-order chi connectivity index (χ0) is 30.0. The van der Waals surface area contributed by atoms with Gasteiger partial charge in [0.25, 0.3) is 0 Å². The molecular formula is C29H56O13. The average molecular weight is 613 g/mol. The van der Waals surface area contributed by atoms with Crippen molar-refractivity contribution in [3.05, 3.63) is 0 Å². The van der Waals surface area contributed by atoms with Crippen LogP contribution in [0.25, 0.3) is 0 Å². The first kappa shape index (κ1) is 39.1. The molecule has 1 atom stereocenters. The summed E-state index contributed by atoms with van der Waals surface area (Å²) in [7, 11) is 0. The van der Waals surface area contributed by atoms with Crippen LogP contribution >= 0.6 is 0 Å². The van der Waals surface area contributed by atoms with Crippen molar-refractivity contribution in [3.63, 3.8) is 0 Å². The Morgan fingerprint density at radius 2 is 0.881 bits per heavy atom. The van der Waals surface area contributed by atoms with E-state index < -0.39 is 0 Å². The third kappa shape index (κ3) is 29.1. The van der Waals surface area contributed by atoms with Crippen molar-refractivity contribution in [3.8, 4) is 0 Å². The minimum atomic E-state index is -0.187. The quantitative estimate of drug-likeness (QED) is 0.0793. The number of ether oxygens (including phenoxy) is 12. The van der Waals surface area contributed by atoms with Gasteiger partial charge in [0.1, 0.15) is 6.61 Å². The zero-order valence-electron chi connectivity index (χ0n) is 25.8. The second-order valence-corrected chi connectivity index (χ2v) is 9.15. The van der Waals surface area contributed by atoms with E-state index in [2.05, 4.69) is 0 Å². The Morgan fingerprint density at radius 1 is 0.524 bits per heavy atom. The highest BCUT2D eigenvalue weighted by atomic mass is 16.7. The maximum absolute atomic E-state index is 11.2. The molecule has 42 heavy (non-hydrogen) atoms. The van der Waals surface area contributed by atoms with Gasteiger partial charge in [-0.3, -0.25) is 4.79 Å². The smallest absolute Gasteiger partial charge is 0.305 e. The normalized spacial score (nSPS) is 15.3. The van der Waals surface area contributed by atoms with Crippen LogP contribution in [-0.2, 0) is 61.6 Å². The summed E-state index contributed by atoms with van der Waals surface area (Å²) >= 11 is 0. The third-order valence-corrected chi connectivity index (χ3v) is 5.59. The van der Waals surface area contributed by atoms with Crippen LogP contribution in [0.4, 0.5) is 0 Å². The molecule has 0 N–H and O–H groups in total. The molecule has 0 spiro atoms. The Hall–Kier alpha value is -0.970. The van der Waals surface area contributed by atoms with Crippen LogP contribution in [0.5, 0.6) is 0 Å². The summed E-state index contributed by atoms with van der Waals surface area (Å²) in [6.45, 7) is 12.5. The Balaban J connectivity index is 1.61. The topological polar surface area (TPSA) is 128 Å². The van der Waals surface area contributed by atoms with Gasteiger partial charge < -0.3 is 56.8 Å².